The van der Waals surface area contributed by atoms with E-state index in [0.717, 1.165) is 0 Å². The van der Waals surface area contributed by atoms with Crippen LogP contribution in [0.4, 0.5) is 0 Å². The van der Waals surface area contributed by atoms with Crippen molar-refractivity contribution in [1.29, 1.82) is 0 Å². The van der Waals surface area contributed by atoms with Crippen LogP contribution in [0.3, 0.4) is 0 Å². The smallest absolute Gasteiger partial charge is 0 e. The van der Waals surface area contributed by atoms with Gasteiger partial charge in [0.05, 0.1) is 0 Å². The Morgan fingerprint density at radius 2 is 0.750 bits per heavy atom. The molecule has 0 aromatic heterocycles. The van der Waals surface area contributed by atoms with Gasteiger partial charge in [-0.05, 0) is 0 Å². The first kappa shape index (κ1) is 63.2. The molecule has 16 valence electrons. The van der Waals surface area contributed by atoms with Crippen molar-refractivity contribution in [1.82, 2.24) is 0 Å². The maximum Gasteiger partial charge on any atom is 0 e. The molecule has 0 rings (SSSR count). The molecule has 0 atom stereocenters. The zero-order chi connectivity index (χ0) is 0. The summed E-state index contributed by atoms with van der Waals surface area (Å²) in [5.41, 5.74) is 0. The molecule has 0 aliphatic heterocycles. The van der Waals surface area contributed by atoms with Gasteiger partial charge in [0, 0.05) is 65.4 Å². The van der Waals surface area contributed by atoms with Gasteiger partial charge in [-0.15, -0.1) is 0 Å². The maximum atomic E-state index is 0. The molecule has 0 fully saturated rings. The second-order valence-electron chi connectivity index (χ2n) is 0. The van der Waals surface area contributed by atoms with Crippen LogP contribution in [0.2, 0.25) is 0 Å². The Morgan fingerprint density at radius 1 is 0.750 bits per heavy atom. The average Bonchev–Trinajstić information content (AvgIpc) is 0. The van der Waals surface area contributed by atoms with Crippen molar-refractivity contribution in [2.45, 2.75) is 0 Å². The van der Waals surface area contributed by atoms with Crippen molar-refractivity contribution in [2.24, 2.45) is 0 Å². The van der Waals surface area contributed by atoms with Crippen LogP contribution in [-0.2, 0) is 65.4 Å². The molecule has 0 aromatic carbocycles. The van der Waals surface area contributed by atoms with Crippen molar-refractivity contribution in [3.63, 3.8) is 0 Å². The van der Waals surface area contributed by atoms with E-state index in [4.69, 9.17) is 0 Å². The SMILES string of the molecule is [CH3-].[Db].[Y].[Y]. The van der Waals surface area contributed by atoms with Crippen LogP contribution in [0.5, 0.6) is 0 Å². The van der Waals surface area contributed by atoms with E-state index >= 15 is 0 Å². The quantitative estimate of drug-likeness (QED) is 0.461. The van der Waals surface area contributed by atoms with Crippen LogP contribution in [-0.4, -0.2) is 0 Å². The summed E-state index contributed by atoms with van der Waals surface area (Å²) in [5, 5.41) is 0. The molecule has 3 heteroatoms. The predicted molar refractivity (Wildman–Crippen MR) is 6.41 cm³/mol. The van der Waals surface area contributed by atoms with E-state index in [9.17, 15) is 0 Å². The van der Waals surface area contributed by atoms with Gasteiger partial charge in [0.1, 0.15) is 0 Å². The summed E-state index contributed by atoms with van der Waals surface area (Å²) in [6.07, 6.45) is 0. The molecular formula is CH3DbY2-. The van der Waals surface area contributed by atoms with Crippen molar-refractivity contribution < 1.29 is 65.4 Å². The van der Waals surface area contributed by atoms with E-state index in [0.29, 0.717) is 0 Å². The van der Waals surface area contributed by atoms with Gasteiger partial charge in [-0.2, -0.15) is 0 Å². The van der Waals surface area contributed by atoms with Crippen LogP contribution in [0.15, 0.2) is 0 Å². The van der Waals surface area contributed by atoms with Crippen molar-refractivity contribution in [3.05, 3.63) is 7.43 Å². The molecule has 0 heterocycles. The summed E-state index contributed by atoms with van der Waals surface area (Å²) in [4.78, 5) is 0. The topological polar surface area (TPSA) is 0 Å². The summed E-state index contributed by atoms with van der Waals surface area (Å²) < 4.78 is 0. The Morgan fingerprint density at radius 3 is 0.750 bits per heavy atom. The zero-order valence-electron chi connectivity index (χ0n) is 2.86. The first-order valence-electron chi connectivity index (χ1n) is 0. The van der Waals surface area contributed by atoms with Crippen LogP contribution in [0.1, 0.15) is 0 Å². The third kappa shape index (κ3) is 10.7. The summed E-state index contributed by atoms with van der Waals surface area (Å²) in [6, 6.07) is 0. The minimum Gasteiger partial charge on any atom is -0.358 e. The van der Waals surface area contributed by atoms with E-state index in [1.165, 1.54) is 0 Å². The third-order valence-electron chi connectivity index (χ3n) is 0. The van der Waals surface area contributed by atoms with Gasteiger partial charge in [-0.1, -0.05) is 0 Å². The molecule has 2 radical (unpaired) electrons. The van der Waals surface area contributed by atoms with E-state index in [1.807, 2.05) is 0 Å². The normalized spacial score (nSPS) is 0. The molecule has 0 unspecified atom stereocenters. The van der Waals surface area contributed by atoms with E-state index in [2.05, 4.69) is 0 Å². The second kappa shape index (κ2) is 29.7. The summed E-state index contributed by atoms with van der Waals surface area (Å²) in [7, 11) is 0. The summed E-state index contributed by atoms with van der Waals surface area (Å²) in [5.74, 6) is 0. The molecule has 0 saturated carbocycles. The molecule has 0 bridgehead atoms. The number of hydrogen-bond acceptors (Lipinski definition) is 0. The van der Waals surface area contributed by atoms with Crippen molar-refractivity contribution in [3.8, 4) is 0 Å². The molecule has 0 nitrogen and oxygen atoms in total. The molecule has 0 N–H and O–H groups in total. The van der Waals surface area contributed by atoms with Crippen molar-refractivity contribution >= 4 is 0 Å². The molecule has 0 aliphatic carbocycles. The largest absolute Gasteiger partial charge is 0.358 e. The van der Waals surface area contributed by atoms with Crippen LogP contribution < -0.4 is 0 Å². The molecule has 4 heavy (non-hydrogen) atoms. The fraction of sp³-hybridized carbons (Fsp3) is 0. The van der Waals surface area contributed by atoms with Gasteiger partial charge in [-0.25, -0.2) is 0 Å². The Labute approximate surface area is 71.5 Å². The van der Waals surface area contributed by atoms with Gasteiger partial charge < -0.3 is 7.43 Å². The fourth-order valence-electron chi connectivity index (χ4n) is 0. The first-order valence-corrected chi connectivity index (χ1v) is 0. The monoisotopic (exact) mass is 461 g/mol. The number of hydrogen-bond donors (Lipinski definition) is 0. The van der Waals surface area contributed by atoms with Gasteiger partial charge in [0.25, 0.3) is 0 Å². The minimum absolute atomic E-state index is 0. The molecule has 0 saturated heterocycles. The summed E-state index contributed by atoms with van der Waals surface area (Å²) in [6.45, 7) is 0. The molecule has 0 aliphatic rings. The van der Waals surface area contributed by atoms with Crippen LogP contribution >= 0.6 is 0 Å². The number of rotatable bonds is 0. The van der Waals surface area contributed by atoms with E-state index in [-0.39, 0.29) is 72.8 Å². The maximum absolute atomic E-state index is 0. The Kier molecular flexibility index (Phi) is 469. The minimum atomic E-state index is 0. The van der Waals surface area contributed by atoms with Crippen LogP contribution in [0, 0.1) is 7.43 Å². The Hall–Kier alpha value is 1.21. The van der Waals surface area contributed by atoms with E-state index < -0.39 is 0 Å². The second-order valence-corrected chi connectivity index (χ2v) is 0. The van der Waals surface area contributed by atoms with Gasteiger partial charge >= 0.3 is 0 Å². The fourth-order valence-corrected chi connectivity index (χ4v) is 0. The van der Waals surface area contributed by atoms with Crippen molar-refractivity contribution in [2.75, 3.05) is 0 Å². The van der Waals surface area contributed by atoms with Gasteiger partial charge in [0.15, 0.2) is 0 Å². The average molecular weight is 461 g/mol. The zero-order valence-corrected chi connectivity index (χ0v) is 15.0. The summed E-state index contributed by atoms with van der Waals surface area (Å²) >= 11 is 0. The standard InChI is InChI=1S/CH3.Db.2Y/h1H3;;;/q-1;;;. The van der Waals surface area contributed by atoms with Gasteiger partial charge in [0.2, 0.25) is 0 Å². The van der Waals surface area contributed by atoms with E-state index in [1.54, 1.807) is 0 Å². The third-order valence-corrected chi connectivity index (χ3v) is 0. The molecule has 0 aromatic rings. The Balaban J connectivity index is 0. The first-order chi connectivity index (χ1) is 0. The predicted octanol–water partition coefficient (Wildman–Crippen LogP) is 0.445. The molecule has 0 spiro atoms. The molecular weight excluding hydrogens is 458 g/mol. The van der Waals surface area contributed by atoms with Gasteiger partial charge in [-0.3, -0.25) is 0 Å². The molecule has 0 amide bonds. The Bertz CT molecular complexity index is 6.00. The van der Waals surface area contributed by atoms with Crippen LogP contribution in [0.25, 0.3) is 0 Å².